The summed E-state index contributed by atoms with van der Waals surface area (Å²) in [5, 5.41) is 0. The average Bonchev–Trinajstić information content (AvgIpc) is 2.14. The summed E-state index contributed by atoms with van der Waals surface area (Å²) in [5.74, 6) is 0.882. The lowest BCUT2D eigenvalue weighted by molar-refractivity contribution is -0.120. The van der Waals surface area contributed by atoms with E-state index in [2.05, 4.69) is 22.6 Å². The zero-order valence-electron chi connectivity index (χ0n) is 7.42. The third-order valence-corrected chi connectivity index (χ3v) is 2.26. The van der Waals surface area contributed by atoms with Crippen LogP contribution in [-0.2, 0) is 4.79 Å². The minimum Gasteiger partial charge on any atom is -0.486 e. The number of Topliss-reactive ketones (excluding diaryl/α,β-unsaturated/α-hetero) is 1. The highest BCUT2D eigenvalue weighted by Gasteiger charge is 1.99. The molecular formula is C10H11IO2. The Hall–Kier alpha value is -0.580. The normalized spacial score (nSPS) is 9.69. The van der Waals surface area contributed by atoms with Crippen LogP contribution in [0.5, 0.6) is 5.75 Å². The van der Waals surface area contributed by atoms with E-state index >= 15 is 0 Å². The molecule has 0 N–H and O–H groups in total. The quantitative estimate of drug-likeness (QED) is 0.797. The molecule has 3 heteroatoms. The Balaban J connectivity index is 2.50. The molecule has 1 rings (SSSR count). The highest BCUT2D eigenvalue weighted by atomic mass is 127. The fourth-order valence-corrected chi connectivity index (χ4v) is 1.34. The minimum atomic E-state index is 0.124. The van der Waals surface area contributed by atoms with Crippen molar-refractivity contribution in [3.63, 3.8) is 0 Å². The van der Waals surface area contributed by atoms with Gasteiger partial charge in [-0.15, -0.1) is 0 Å². The first-order valence-corrected chi connectivity index (χ1v) is 5.20. The molecule has 13 heavy (non-hydrogen) atoms. The molecule has 2 nitrogen and oxygen atoms in total. The summed E-state index contributed by atoms with van der Waals surface area (Å²) in [6.45, 7) is 2.01. The van der Waals surface area contributed by atoms with Gasteiger partial charge in [-0.1, -0.05) is 13.0 Å². The maximum Gasteiger partial charge on any atom is 0.169 e. The van der Waals surface area contributed by atoms with Gasteiger partial charge < -0.3 is 4.74 Å². The third-order valence-electron chi connectivity index (χ3n) is 1.59. The molecule has 0 aliphatic rings. The Morgan fingerprint density at radius 1 is 1.54 bits per heavy atom. The highest BCUT2D eigenvalue weighted by Crippen LogP contribution is 2.14. The van der Waals surface area contributed by atoms with Gasteiger partial charge in [0.05, 0.1) is 0 Å². The standard InChI is InChI=1S/C10H11IO2/c1-2-9(12)7-13-10-5-3-4-8(11)6-10/h3-6H,2,7H2,1H3. The number of ether oxygens (including phenoxy) is 1. The van der Waals surface area contributed by atoms with E-state index in [9.17, 15) is 4.79 Å². The van der Waals surface area contributed by atoms with Gasteiger partial charge in [0.15, 0.2) is 5.78 Å². The molecular weight excluding hydrogens is 279 g/mol. The van der Waals surface area contributed by atoms with Crippen LogP contribution >= 0.6 is 22.6 Å². The van der Waals surface area contributed by atoms with Crippen LogP contribution in [0.3, 0.4) is 0 Å². The summed E-state index contributed by atoms with van der Waals surface area (Å²) >= 11 is 2.21. The van der Waals surface area contributed by atoms with Crippen molar-refractivity contribution in [2.24, 2.45) is 0 Å². The van der Waals surface area contributed by atoms with Crippen LogP contribution in [0.1, 0.15) is 13.3 Å². The molecule has 1 aromatic rings. The largest absolute Gasteiger partial charge is 0.486 e. The van der Waals surface area contributed by atoms with Crippen LogP contribution in [0, 0.1) is 3.57 Å². The van der Waals surface area contributed by atoms with Gasteiger partial charge in [-0.2, -0.15) is 0 Å². The van der Waals surface area contributed by atoms with Crippen LogP contribution in [0.2, 0.25) is 0 Å². The maximum atomic E-state index is 10.9. The van der Waals surface area contributed by atoms with E-state index in [1.165, 1.54) is 0 Å². The molecule has 0 spiro atoms. The fourth-order valence-electron chi connectivity index (χ4n) is 0.823. The van der Waals surface area contributed by atoms with E-state index in [4.69, 9.17) is 4.74 Å². The predicted octanol–water partition coefficient (Wildman–Crippen LogP) is 2.65. The van der Waals surface area contributed by atoms with Crippen molar-refractivity contribution in [1.82, 2.24) is 0 Å². The minimum absolute atomic E-state index is 0.124. The topological polar surface area (TPSA) is 26.3 Å². The fraction of sp³-hybridized carbons (Fsp3) is 0.300. The van der Waals surface area contributed by atoms with Crippen molar-refractivity contribution in [3.8, 4) is 5.75 Å². The van der Waals surface area contributed by atoms with Crippen LogP contribution in [0.15, 0.2) is 24.3 Å². The van der Waals surface area contributed by atoms with Gasteiger partial charge in [-0.3, -0.25) is 4.79 Å². The van der Waals surface area contributed by atoms with Crippen molar-refractivity contribution < 1.29 is 9.53 Å². The molecule has 0 aromatic heterocycles. The van der Waals surface area contributed by atoms with Gasteiger partial charge in [0.1, 0.15) is 12.4 Å². The molecule has 0 aliphatic carbocycles. The Morgan fingerprint density at radius 2 is 2.31 bits per heavy atom. The van der Waals surface area contributed by atoms with E-state index in [0.717, 1.165) is 9.32 Å². The van der Waals surface area contributed by atoms with Crippen molar-refractivity contribution in [2.45, 2.75) is 13.3 Å². The molecule has 0 unspecified atom stereocenters. The number of hydrogen-bond acceptors (Lipinski definition) is 2. The lowest BCUT2D eigenvalue weighted by Crippen LogP contribution is -2.09. The molecule has 0 fully saturated rings. The Morgan fingerprint density at radius 3 is 2.92 bits per heavy atom. The van der Waals surface area contributed by atoms with Crippen LogP contribution < -0.4 is 4.74 Å². The molecule has 0 saturated carbocycles. The highest BCUT2D eigenvalue weighted by molar-refractivity contribution is 14.1. The molecule has 0 amide bonds. The summed E-state index contributed by atoms with van der Waals surface area (Å²) < 4.78 is 6.40. The second kappa shape index (κ2) is 5.21. The summed E-state index contributed by atoms with van der Waals surface area (Å²) in [5.41, 5.74) is 0. The van der Waals surface area contributed by atoms with Gasteiger partial charge in [0.2, 0.25) is 0 Å². The number of carbonyl (C=O) groups excluding carboxylic acids is 1. The van der Waals surface area contributed by atoms with E-state index < -0.39 is 0 Å². The van der Waals surface area contributed by atoms with Crippen molar-refractivity contribution >= 4 is 28.4 Å². The molecule has 0 saturated heterocycles. The van der Waals surface area contributed by atoms with Crippen molar-refractivity contribution in [3.05, 3.63) is 27.8 Å². The second-order valence-corrected chi connectivity index (χ2v) is 3.88. The zero-order chi connectivity index (χ0) is 9.68. The average molecular weight is 290 g/mol. The first-order chi connectivity index (χ1) is 6.22. The van der Waals surface area contributed by atoms with Gasteiger partial charge in [-0.25, -0.2) is 0 Å². The number of hydrogen-bond donors (Lipinski definition) is 0. The molecule has 0 aliphatic heterocycles. The number of benzene rings is 1. The smallest absolute Gasteiger partial charge is 0.169 e. The number of carbonyl (C=O) groups is 1. The Kier molecular flexibility index (Phi) is 4.21. The second-order valence-electron chi connectivity index (χ2n) is 2.64. The van der Waals surface area contributed by atoms with E-state index in [0.29, 0.717) is 6.42 Å². The maximum absolute atomic E-state index is 10.9. The lowest BCUT2D eigenvalue weighted by Gasteiger charge is -2.03. The summed E-state index contributed by atoms with van der Waals surface area (Å²) in [6, 6.07) is 7.65. The lowest BCUT2D eigenvalue weighted by atomic mass is 10.3. The van der Waals surface area contributed by atoms with Gasteiger partial charge in [0.25, 0.3) is 0 Å². The summed E-state index contributed by atoms with van der Waals surface area (Å²) in [4.78, 5) is 10.9. The third kappa shape index (κ3) is 3.76. The first-order valence-electron chi connectivity index (χ1n) is 4.12. The Bertz CT molecular complexity index is 297. The van der Waals surface area contributed by atoms with E-state index in [-0.39, 0.29) is 12.4 Å². The number of ketones is 1. The monoisotopic (exact) mass is 290 g/mol. The first kappa shape index (κ1) is 10.5. The van der Waals surface area contributed by atoms with Crippen LogP contribution in [0.25, 0.3) is 0 Å². The van der Waals surface area contributed by atoms with Gasteiger partial charge in [-0.05, 0) is 40.8 Å². The molecule has 0 atom stereocenters. The van der Waals surface area contributed by atoms with Gasteiger partial charge >= 0.3 is 0 Å². The molecule has 0 radical (unpaired) electrons. The summed E-state index contributed by atoms with van der Waals surface area (Å²) in [6.07, 6.45) is 0.532. The molecule has 70 valence electrons. The SMILES string of the molecule is CCC(=O)COc1cccc(I)c1. The van der Waals surface area contributed by atoms with E-state index in [1.807, 2.05) is 31.2 Å². The van der Waals surface area contributed by atoms with Crippen LogP contribution in [0.4, 0.5) is 0 Å². The summed E-state index contributed by atoms with van der Waals surface area (Å²) in [7, 11) is 0. The molecule has 0 heterocycles. The molecule has 1 aromatic carbocycles. The molecule has 0 bridgehead atoms. The van der Waals surface area contributed by atoms with Crippen molar-refractivity contribution in [1.29, 1.82) is 0 Å². The zero-order valence-corrected chi connectivity index (χ0v) is 9.58. The van der Waals surface area contributed by atoms with Crippen LogP contribution in [-0.4, -0.2) is 12.4 Å². The van der Waals surface area contributed by atoms with Crippen molar-refractivity contribution in [2.75, 3.05) is 6.61 Å². The van der Waals surface area contributed by atoms with E-state index in [1.54, 1.807) is 0 Å². The predicted molar refractivity (Wildman–Crippen MR) is 60.0 cm³/mol. The number of rotatable bonds is 4. The number of halogens is 1. The Labute approximate surface area is 91.4 Å². The van der Waals surface area contributed by atoms with Gasteiger partial charge in [0, 0.05) is 9.99 Å².